The Kier molecular flexibility index (Phi) is 5.52. The minimum Gasteiger partial charge on any atom is -0.504 e. The smallest absolute Gasteiger partial charge is 0.335 e. The number of carbonyl (C=O) groups excluding carboxylic acids is 1. The first-order chi connectivity index (χ1) is 12.9. The zero-order valence-electron chi connectivity index (χ0n) is 13.9. The molecule has 1 heterocycles. The number of nitrogens with one attached hydrogen (secondary N) is 1. The lowest BCUT2D eigenvalue weighted by Gasteiger charge is -2.07. The van der Waals surface area contributed by atoms with Crippen LogP contribution in [0.25, 0.3) is 6.08 Å². The van der Waals surface area contributed by atoms with Crippen LogP contribution in [-0.4, -0.2) is 34.4 Å². The van der Waals surface area contributed by atoms with Crippen molar-refractivity contribution in [3.05, 3.63) is 56.9 Å². The van der Waals surface area contributed by atoms with Crippen LogP contribution in [0.3, 0.4) is 0 Å². The van der Waals surface area contributed by atoms with E-state index in [4.69, 9.17) is 9.84 Å². The number of aliphatic imine (C=N–C) groups is 1. The lowest BCUT2D eigenvalue weighted by molar-refractivity contribution is -0.115. The van der Waals surface area contributed by atoms with E-state index in [0.29, 0.717) is 25.8 Å². The van der Waals surface area contributed by atoms with Gasteiger partial charge in [-0.1, -0.05) is 22.0 Å². The van der Waals surface area contributed by atoms with Gasteiger partial charge in [-0.3, -0.25) is 4.79 Å². The van der Waals surface area contributed by atoms with E-state index in [1.54, 1.807) is 24.3 Å². The van der Waals surface area contributed by atoms with Gasteiger partial charge in [0.05, 0.1) is 23.3 Å². The number of benzene rings is 2. The van der Waals surface area contributed by atoms with Crippen molar-refractivity contribution in [3.63, 3.8) is 0 Å². The number of aromatic hydroxyl groups is 1. The summed E-state index contributed by atoms with van der Waals surface area (Å²) in [5.41, 5.74) is 0.923. The number of methoxy groups -OCH3 is 1. The molecule has 0 atom stereocenters. The highest BCUT2D eigenvalue weighted by molar-refractivity contribution is 9.10. The third kappa shape index (κ3) is 4.32. The topological polar surface area (TPSA) is 108 Å². The summed E-state index contributed by atoms with van der Waals surface area (Å²) < 4.78 is 5.79. The van der Waals surface area contributed by atoms with Gasteiger partial charge in [0.1, 0.15) is 0 Å². The Labute approximate surface area is 166 Å². The molecule has 138 valence electrons. The molecule has 1 amide bonds. The second-order valence-corrected chi connectivity index (χ2v) is 7.33. The predicted octanol–water partition coefficient (Wildman–Crippen LogP) is 3.75. The van der Waals surface area contributed by atoms with E-state index in [2.05, 4.69) is 26.2 Å². The number of hydrogen-bond acceptors (Lipinski definition) is 6. The van der Waals surface area contributed by atoms with E-state index < -0.39 is 5.97 Å². The standard InChI is InChI=1S/C18H13BrN2O5S/c1-26-13-8-11(19)5-10(15(13)22)7-14-16(23)21-18(27-14)20-12-4-2-3-9(6-12)17(24)25/h2-8,22H,1H3,(H,24,25)(H,20,21,23)/b14-7-. The largest absolute Gasteiger partial charge is 0.504 e. The number of hydrogen-bond donors (Lipinski definition) is 3. The molecule has 2 aromatic rings. The van der Waals surface area contributed by atoms with Gasteiger partial charge in [-0.05, 0) is 48.2 Å². The van der Waals surface area contributed by atoms with Gasteiger partial charge in [0.25, 0.3) is 5.91 Å². The Morgan fingerprint density at radius 1 is 1.33 bits per heavy atom. The quantitative estimate of drug-likeness (QED) is 0.614. The molecule has 0 radical (unpaired) electrons. The number of thioether (sulfide) groups is 1. The van der Waals surface area contributed by atoms with E-state index in [0.717, 1.165) is 11.8 Å². The second-order valence-electron chi connectivity index (χ2n) is 5.38. The van der Waals surface area contributed by atoms with Gasteiger partial charge < -0.3 is 20.3 Å². The van der Waals surface area contributed by atoms with Crippen LogP contribution in [0.4, 0.5) is 5.69 Å². The molecule has 0 spiro atoms. The molecule has 0 saturated carbocycles. The Morgan fingerprint density at radius 2 is 2.11 bits per heavy atom. The number of phenolic OH excluding ortho intramolecular Hbond substituents is 1. The summed E-state index contributed by atoms with van der Waals surface area (Å²) in [6.07, 6.45) is 1.53. The molecule has 3 N–H and O–H groups in total. The fourth-order valence-corrected chi connectivity index (χ4v) is 3.59. The third-order valence-corrected chi connectivity index (χ3v) is 4.92. The molecule has 2 aromatic carbocycles. The lowest BCUT2D eigenvalue weighted by Crippen LogP contribution is -2.19. The van der Waals surface area contributed by atoms with Crippen LogP contribution >= 0.6 is 27.7 Å². The van der Waals surface area contributed by atoms with Gasteiger partial charge in [0, 0.05) is 10.0 Å². The molecule has 1 aliphatic heterocycles. The maximum absolute atomic E-state index is 12.2. The van der Waals surface area contributed by atoms with Gasteiger partial charge >= 0.3 is 5.97 Å². The van der Waals surface area contributed by atoms with E-state index >= 15 is 0 Å². The zero-order valence-corrected chi connectivity index (χ0v) is 16.3. The monoisotopic (exact) mass is 448 g/mol. The first kappa shape index (κ1) is 19.0. The average molecular weight is 449 g/mol. The Hall–Kier alpha value is -2.78. The van der Waals surface area contributed by atoms with Crippen LogP contribution in [-0.2, 0) is 4.79 Å². The van der Waals surface area contributed by atoms with Crippen molar-refractivity contribution < 1.29 is 24.5 Å². The summed E-state index contributed by atoms with van der Waals surface area (Å²) in [5.74, 6) is -1.23. The van der Waals surface area contributed by atoms with E-state index in [9.17, 15) is 14.7 Å². The first-order valence-electron chi connectivity index (χ1n) is 7.57. The SMILES string of the molecule is COc1cc(Br)cc(/C=C2\SC(=Nc3cccc(C(=O)O)c3)NC2=O)c1O. The maximum atomic E-state index is 12.2. The number of nitrogens with zero attached hydrogens (tertiary/aromatic N) is 1. The Bertz CT molecular complexity index is 1000. The number of phenols is 1. The highest BCUT2D eigenvalue weighted by atomic mass is 79.9. The van der Waals surface area contributed by atoms with Crippen molar-refractivity contribution in [1.29, 1.82) is 0 Å². The molecule has 1 saturated heterocycles. The highest BCUT2D eigenvalue weighted by Gasteiger charge is 2.24. The van der Waals surface area contributed by atoms with Crippen molar-refractivity contribution in [1.82, 2.24) is 5.32 Å². The minimum absolute atomic E-state index is 0.0823. The van der Waals surface area contributed by atoms with Crippen LogP contribution in [0, 0.1) is 0 Å². The average Bonchev–Trinajstić information content (AvgIpc) is 2.97. The van der Waals surface area contributed by atoms with E-state index in [-0.39, 0.29) is 23.0 Å². The third-order valence-electron chi connectivity index (χ3n) is 3.55. The summed E-state index contributed by atoms with van der Waals surface area (Å²) >= 11 is 4.41. The second kappa shape index (κ2) is 7.85. The fourth-order valence-electron chi connectivity index (χ4n) is 2.31. The Balaban J connectivity index is 1.90. The minimum atomic E-state index is -1.06. The number of carboxylic acids is 1. The van der Waals surface area contributed by atoms with Gasteiger partial charge in [-0.2, -0.15) is 0 Å². The summed E-state index contributed by atoms with van der Waals surface area (Å²) in [6, 6.07) is 9.35. The summed E-state index contributed by atoms with van der Waals surface area (Å²) in [7, 11) is 1.44. The summed E-state index contributed by atoms with van der Waals surface area (Å²) in [6.45, 7) is 0. The molecule has 0 unspecified atom stereocenters. The van der Waals surface area contributed by atoms with Crippen molar-refractivity contribution in [2.75, 3.05) is 7.11 Å². The number of amides is 1. The van der Waals surface area contributed by atoms with Crippen LogP contribution in [0.2, 0.25) is 0 Å². The van der Waals surface area contributed by atoms with Crippen molar-refractivity contribution in [2.45, 2.75) is 0 Å². The molecule has 1 fully saturated rings. The van der Waals surface area contributed by atoms with Crippen LogP contribution < -0.4 is 10.1 Å². The normalized spacial score (nSPS) is 16.6. The fraction of sp³-hybridized carbons (Fsp3) is 0.0556. The predicted molar refractivity (Wildman–Crippen MR) is 107 cm³/mol. The van der Waals surface area contributed by atoms with Crippen molar-refractivity contribution in [3.8, 4) is 11.5 Å². The van der Waals surface area contributed by atoms with Gasteiger partial charge in [-0.15, -0.1) is 0 Å². The van der Waals surface area contributed by atoms with E-state index in [1.807, 2.05) is 0 Å². The van der Waals surface area contributed by atoms with Crippen molar-refractivity contribution in [2.24, 2.45) is 4.99 Å². The van der Waals surface area contributed by atoms with Crippen LogP contribution in [0.15, 0.2) is 50.8 Å². The molecule has 0 aliphatic carbocycles. The number of carbonyl (C=O) groups is 2. The molecule has 0 bridgehead atoms. The number of carboxylic acid groups (broad SMARTS) is 1. The highest BCUT2D eigenvalue weighted by Crippen LogP contribution is 2.37. The van der Waals surface area contributed by atoms with E-state index in [1.165, 1.54) is 25.3 Å². The van der Waals surface area contributed by atoms with Gasteiger partial charge in [0.2, 0.25) is 0 Å². The molecule has 27 heavy (non-hydrogen) atoms. The maximum Gasteiger partial charge on any atom is 0.335 e. The number of halogens is 1. The molecule has 3 rings (SSSR count). The first-order valence-corrected chi connectivity index (χ1v) is 9.18. The summed E-state index contributed by atoms with van der Waals surface area (Å²) in [5, 5.41) is 22.2. The number of rotatable bonds is 4. The van der Waals surface area contributed by atoms with Gasteiger partial charge in [0.15, 0.2) is 16.7 Å². The number of aromatic carboxylic acids is 1. The number of amidine groups is 1. The molecule has 7 nitrogen and oxygen atoms in total. The van der Waals surface area contributed by atoms with Crippen LogP contribution in [0.5, 0.6) is 11.5 Å². The van der Waals surface area contributed by atoms with Crippen LogP contribution in [0.1, 0.15) is 15.9 Å². The summed E-state index contributed by atoms with van der Waals surface area (Å²) in [4.78, 5) is 27.8. The Morgan fingerprint density at radius 3 is 2.81 bits per heavy atom. The molecule has 1 aliphatic rings. The number of ether oxygens (including phenoxy) is 1. The molecule has 9 heteroatoms. The lowest BCUT2D eigenvalue weighted by atomic mass is 10.1. The molecule has 0 aromatic heterocycles. The van der Waals surface area contributed by atoms with Gasteiger partial charge in [-0.25, -0.2) is 9.79 Å². The zero-order chi connectivity index (χ0) is 19.6. The molecular weight excluding hydrogens is 436 g/mol. The molecular formula is C18H13BrN2O5S. The van der Waals surface area contributed by atoms with Crippen molar-refractivity contribution >= 4 is 56.5 Å².